The van der Waals surface area contributed by atoms with E-state index in [4.69, 9.17) is 9.47 Å². The molecule has 2 atom stereocenters. The van der Waals surface area contributed by atoms with Gasteiger partial charge >= 0.3 is 12.1 Å². The number of esters is 1. The van der Waals surface area contributed by atoms with Gasteiger partial charge in [0.1, 0.15) is 5.60 Å². The van der Waals surface area contributed by atoms with E-state index in [2.05, 4.69) is 0 Å². The number of hydrogen-bond acceptors (Lipinski definition) is 4. The minimum atomic E-state index is -0.627. The topological polar surface area (TPSA) is 55.8 Å². The van der Waals surface area contributed by atoms with Gasteiger partial charge in [-0.2, -0.15) is 0 Å². The van der Waals surface area contributed by atoms with Crippen LogP contribution in [-0.2, 0) is 14.3 Å². The maximum Gasteiger partial charge on any atom is 0.410 e. The van der Waals surface area contributed by atoms with Gasteiger partial charge in [-0.05, 0) is 47.0 Å². The second-order valence-electron chi connectivity index (χ2n) is 7.45. The predicted octanol–water partition coefficient (Wildman–Crippen LogP) is 3.68. The van der Waals surface area contributed by atoms with Gasteiger partial charge in [0.2, 0.25) is 0 Å². The summed E-state index contributed by atoms with van der Waals surface area (Å²) in [6.07, 6.45) is 7.86. The van der Waals surface area contributed by atoms with Gasteiger partial charge in [-0.15, -0.1) is 0 Å². The van der Waals surface area contributed by atoms with Crippen molar-refractivity contribution in [1.82, 2.24) is 4.90 Å². The molecular weight excluding hydrogens is 294 g/mol. The summed E-state index contributed by atoms with van der Waals surface area (Å²) in [7, 11) is 0. The fourth-order valence-corrected chi connectivity index (χ4v) is 3.64. The molecule has 2 aliphatic rings. The van der Waals surface area contributed by atoms with Crippen LogP contribution >= 0.6 is 0 Å². The van der Waals surface area contributed by atoms with Crippen molar-refractivity contribution >= 4 is 12.1 Å². The molecule has 1 heterocycles. The van der Waals surface area contributed by atoms with Crippen molar-refractivity contribution in [3.63, 3.8) is 0 Å². The predicted molar refractivity (Wildman–Crippen MR) is 88.0 cm³/mol. The summed E-state index contributed by atoms with van der Waals surface area (Å²) >= 11 is 0. The second kappa shape index (κ2) is 6.93. The van der Waals surface area contributed by atoms with Crippen LogP contribution in [-0.4, -0.2) is 41.8 Å². The molecule has 0 spiro atoms. The number of allylic oxidation sites excluding steroid dienone is 1. The van der Waals surface area contributed by atoms with Crippen LogP contribution in [0.1, 0.15) is 59.8 Å². The van der Waals surface area contributed by atoms with Gasteiger partial charge < -0.3 is 14.4 Å². The largest absolute Gasteiger partial charge is 0.465 e. The van der Waals surface area contributed by atoms with E-state index < -0.39 is 11.0 Å². The van der Waals surface area contributed by atoms with Gasteiger partial charge in [0, 0.05) is 6.54 Å². The van der Waals surface area contributed by atoms with Crippen LogP contribution in [0.15, 0.2) is 12.2 Å². The number of carbonyl (C=O) groups excluding carboxylic acids is 2. The SMILES string of the molecule is CCOC(=O)[C@@]12CC=CCN(C(=O)OC(C)(C)C)[C@@H]1CCCC2. The van der Waals surface area contributed by atoms with Crippen LogP contribution in [0, 0.1) is 5.41 Å². The second-order valence-corrected chi connectivity index (χ2v) is 7.45. The Morgan fingerprint density at radius 2 is 2.00 bits per heavy atom. The number of rotatable bonds is 2. The lowest BCUT2D eigenvalue weighted by Gasteiger charge is -2.45. The molecule has 23 heavy (non-hydrogen) atoms. The van der Waals surface area contributed by atoms with Crippen molar-refractivity contribution in [2.45, 2.75) is 71.4 Å². The average Bonchev–Trinajstić information content (AvgIpc) is 2.66. The van der Waals surface area contributed by atoms with Crippen molar-refractivity contribution < 1.29 is 19.1 Å². The van der Waals surface area contributed by atoms with Gasteiger partial charge in [0.05, 0.1) is 18.1 Å². The summed E-state index contributed by atoms with van der Waals surface area (Å²) in [6.45, 7) is 8.25. The smallest absolute Gasteiger partial charge is 0.410 e. The lowest BCUT2D eigenvalue weighted by Crippen LogP contribution is -2.56. The number of nitrogens with zero attached hydrogens (tertiary/aromatic N) is 1. The Labute approximate surface area is 139 Å². The van der Waals surface area contributed by atoms with E-state index in [1.165, 1.54) is 0 Å². The molecule has 0 aromatic rings. The maximum atomic E-state index is 12.7. The zero-order valence-corrected chi connectivity index (χ0v) is 14.8. The number of ether oxygens (including phenoxy) is 2. The molecule has 5 heteroatoms. The van der Waals surface area contributed by atoms with Crippen LogP contribution in [0.2, 0.25) is 0 Å². The molecule has 1 fully saturated rings. The first-order chi connectivity index (χ1) is 10.8. The number of amides is 1. The van der Waals surface area contributed by atoms with Gasteiger partial charge in [0.25, 0.3) is 0 Å². The third-order valence-corrected chi connectivity index (χ3v) is 4.63. The Hall–Kier alpha value is -1.52. The minimum Gasteiger partial charge on any atom is -0.465 e. The Kier molecular flexibility index (Phi) is 5.37. The first-order valence-corrected chi connectivity index (χ1v) is 8.62. The van der Waals surface area contributed by atoms with Crippen LogP contribution in [0.4, 0.5) is 4.79 Å². The third kappa shape index (κ3) is 3.88. The number of carbonyl (C=O) groups is 2. The molecule has 1 aliphatic heterocycles. The lowest BCUT2D eigenvalue weighted by molar-refractivity contribution is -0.162. The van der Waals surface area contributed by atoms with E-state index in [0.717, 1.165) is 25.7 Å². The van der Waals surface area contributed by atoms with Crippen LogP contribution < -0.4 is 0 Å². The highest BCUT2D eigenvalue weighted by molar-refractivity contribution is 5.80. The van der Waals surface area contributed by atoms with Gasteiger partial charge in [-0.1, -0.05) is 25.0 Å². The standard InChI is InChI=1S/C18H29NO4/c1-5-22-15(20)18-11-7-6-10-14(18)19(13-9-8-12-18)16(21)23-17(2,3)4/h8-9,14H,5-7,10-13H2,1-4H3/t14-,18+/m1/s1. The summed E-state index contributed by atoms with van der Waals surface area (Å²) in [6, 6.07) is -0.153. The maximum absolute atomic E-state index is 12.7. The molecule has 0 radical (unpaired) electrons. The molecule has 0 unspecified atom stereocenters. The van der Waals surface area contributed by atoms with E-state index >= 15 is 0 Å². The summed E-state index contributed by atoms with van der Waals surface area (Å²) < 4.78 is 10.9. The summed E-state index contributed by atoms with van der Waals surface area (Å²) in [5.74, 6) is -0.176. The highest BCUT2D eigenvalue weighted by Gasteiger charge is 2.52. The Morgan fingerprint density at radius 3 is 2.65 bits per heavy atom. The van der Waals surface area contributed by atoms with E-state index in [1.54, 1.807) is 4.90 Å². The molecule has 2 rings (SSSR count). The van der Waals surface area contributed by atoms with E-state index in [9.17, 15) is 9.59 Å². The van der Waals surface area contributed by atoms with Gasteiger partial charge in [0.15, 0.2) is 0 Å². The fraction of sp³-hybridized carbons (Fsp3) is 0.778. The molecule has 0 aromatic carbocycles. The third-order valence-electron chi connectivity index (χ3n) is 4.63. The first-order valence-electron chi connectivity index (χ1n) is 8.62. The highest BCUT2D eigenvalue weighted by atomic mass is 16.6. The quantitative estimate of drug-likeness (QED) is 0.574. The van der Waals surface area contributed by atoms with Gasteiger partial charge in [-0.3, -0.25) is 4.79 Å². The molecule has 130 valence electrons. The van der Waals surface area contributed by atoms with Crippen molar-refractivity contribution in [1.29, 1.82) is 0 Å². The van der Waals surface area contributed by atoms with E-state index in [0.29, 0.717) is 19.6 Å². The highest BCUT2D eigenvalue weighted by Crippen LogP contribution is 2.45. The molecule has 0 saturated heterocycles. The zero-order valence-electron chi connectivity index (χ0n) is 14.8. The molecule has 1 aliphatic carbocycles. The van der Waals surface area contributed by atoms with E-state index in [1.807, 2.05) is 39.8 Å². The van der Waals surface area contributed by atoms with Crippen molar-refractivity contribution in [3.05, 3.63) is 12.2 Å². The molecular formula is C18H29NO4. The van der Waals surface area contributed by atoms with Crippen LogP contribution in [0.3, 0.4) is 0 Å². The lowest BCUT2D eigenvalue weighted by atomic mass is 9.68. The summed E-state index contributed by atoms with van der Waals surface area (Å²) in [5, 5.41) is 0. The normalized spacial score (nSPS) is 27.8. The Morgan fingerprint density at radius 1 is 1.26 bits per heavy atom. The molecule has 0 N–H and O–H groups in total. The van der Waals surface area contributed by atoms with Crippen molar-refractivity contribution in [2.24, 2.45) is 5.41 Å². The van der Waals surface area contributed by atoms with Crippen molar-refractivity contribution in [2.75, 3.05) is 13.2 Å². The Balaban J connectivity index is 2.31. The first kappa shape index (κ1) is 17.8. The van der Waals surface area contributed by atoms with Crippen molar-refractivity contribution in [3.8, 4) is 0 Å². The van der Waals surface area contributed by atoms with E-state index in [-0.39, 0.29) is 18.1 Å². The molecule has 1 saturated carbocycles. The molecule has 5 nitrogen and oxygen atoms in total. The molecule has 0 bridgehead atoms. The monoisotopic (exact) mass is 323 g/mol. The fourth-order valence-electron chi connectivity index (χ4n) is 3.64. The Bertz CT molecular complexity index is 480. The summed E-state index contributed by atoms with van der Waals surface area (Å²) in [5.41, 5.74) is -1.17. The zero-order chi connectivity index (χ0) is 17.1. The minimum absolute atomic E-state index is 0.153. The molecule has 0 aromatic heterocycles. The summed E-state index contributed by atoms with van der Waals surface area (Å²) in [4.78, 5) is 27.1. The van der Waals surface area contributed by atoms with Gasteiger partial charge in [-0.25, -0.2) is 4.79 Å². The van der Waals surface area contributed by atoms with Crippen LogP contribution in [0.5, 0.6) is 0 Å². The van der Waals surface area contributed by atoms with Crippen LogP contribution in [0.25, 0.3) is 0 Å². The number of fused-ring (bicyclic) bond motifs is 1. The molecule has 1 amide bonds. The average molecular weight is 323 g/mol. The number of hydrogen-bond donors (Lipinski definition) is 0.